The molecule has 1 N–H and O–H groups in total. The average molecular weight is 274 g/mol. The highest BCUT2D eigenvalue weighted by Gasteiger charge is 2.17. The smallest absolute Gasteiger partial charge is 0.358 e. The summed E-state index contributed by atoms with van der Waals surface area (Å²) in [6.45, 7) is 4.07. The fourth-order valence-electron chi connectivity index (χ4n) is 1.95. The molecule has 0 fully saturated rings. The molecule has 1 aromatic heterocycles. The number of hydrogen-bond donors (Lipinski definition) is 1. The van der Waals surface area contributed by atoms with Crippen molar-refractivity contribution >= 4 is 5.97 Å². The molecule has 0 saturated heterocycles. The SMILES string of the molecule is CCOC(=O)c1cc(-c2ccccc2)n(C[C@@H](C)O)n1. The number of hydrogen-bond acceptors (Lipinski definition) is 4. The number of nitrogens with zero attached hydrogens (tertiary/aromatic N) is 2. The normalized spacial score (nSPS) is 12.2. The Morgan fingerprint density at radius 1 is 1.40 bits per heavy atom. The van der Waals surface area contributed by atoms with Gasteiger partial charge in [0, 0.05) is 0 Å². The van der Waals surface area contributed by atoms with Crippen molar-refractivity contribution in [1.29, 1.82) is 0 Å². The average Bonchev–Trinajstić information content (AvgIpc) is 2.83. The topological polar surface area (TPSA) is 64.3 Å². The summed E-state index contributed by atoms with van der Waals surface area (Å²) in [6, 6.07) is 11.3. The van der Waals surface area contributed by atoms with Gasteiger partial charge in [0.25, 0.3) is 0 Å². The first-order valence-electron chi connectivity index (χ1n) is 6.60. The van der Waals surface area contributed by atoms with Gasteiger partial charge in [-0.05, 0) is 25.5 Å². The second-order valence-electron chi connectivity index (χ2n) is 4.53. The molecule has 0 amide bonds. The first-order valence-corrected chi connectivity index (χ1v) is 6.60. The third-order valence-corrected chi connectivity index (χ3v) is 2.77. The minimum atomic E-state index is -0.549. The van der Waals surface area contributed by atoms with Crippen LogP contribution in [0.3, 0.4) is 0 Å². The minimum Gasteiger partial charge on any atom is -0.461 e. The summed E-state index contributed by atoms with van der Waals surface area (Å²) in [5, 5.41) is 13.8. The van der Waals surface area contributed by atoms with Gasteiger partial charge in [0.05, 0.1) is 24.9 Å². The van der Waals surface area contributed by atoms with Gasteiger partial charge in [-0.25, -0.2) is 4.79 Å². The number of carbonyl (C=O) groups excluding carboxylic acids is 1. The molecule has 2 rings (SSSR count). The van der Waals surface area contributed by atoms with Crippen LogP contribution in [0.1, 0.15) is 24.3 Å². The standard InChI is InChI=1S/C15H18N2O3/c1-3-20-15(19)13-9-14(12-7-5-4-6-8-12)17(16-13)10-11(2)18/h4-9,11,18H,3,10H2,1-2H3/t11-/m1/s1. The van der Waals surface area contributed by atoms with E-state index in [4.69, 9.17) is 4.74 Å². The van der Waals surface area contributed by atoms with Crippen LogP contribution in [0.2, 0.25) is 0 Å². The largest absolute Gasteiger partial charge is 0.461 e. The van der Waals surface area contributed by atoms with E-state index in [-0.39, 0.29) is 5.69 Å². The van der Waals surface area contributed by atoms with Gasteiger partial charge in [-0.1, -0.05) is 30.3 Å². The summed E-state index contributed by atoms with van der Waals surface area (Å²) in [4.78, 5) is 11.8. The first-order chi connectivity index (χ1) is 9.61. The molecule has 106 valence electrons. The Labute approximate surface area is 117 Å². The zero-order valence-electron chi connectivity index (χ0n) is 11.6. The van der Waals surface area contributed by atoms with E-state index in [9.17, 15) is 9.90 Å². The molecule has 0 unspecified atom stereocenters. The number of ether oxygens (including phenoxy) is 1. The third kappa shape index (κ3) is 3.24. The molecule has 20 heavy (non-hydrogen) atoms. The quantitative estimate of drug-likeness (QED) is 0.848. The second-order valence-corrected chi connectivity index (χ2v) is 4.53. The third-order valence-electron chi connectivity index (χ3n) is 2.77. The lowest BCUT2D eigenvalue weighted by Gasteiger charge is -2.09. The van der Waals surface area contributed by atoms with E-state index in [1.165, 1.54) is 0 Å². The number of benzene rings is 1. The predicted molar refractivity (Wildman–Crippen MR) is 75.3 cm³/mol. The van der Waals surface area contributed by atoms with Gasteiger partial charge >= 0.3 is 5.97 Å². The van der Waals surface area contributed by atoms with Crippen molar-refractivity contribution in [3.05, 3.63) is 42.1 Å². The molecule has 0 aliphatic rings. The summed E-state index contributed by atoms with van der Waals surface area (Å²) in [7, 11) is 0. The summed E-state index contributed by atoms with van der Waals surface area (Å²) >= 11 is 0. The second kappa shape index (κ2) is 6.34. The van der Waals surface area contributed by atoms with E-state index in [0.717, 1.165) is 11.3 Å². The molecule has 1 heterocycles. The van der Waals surface area contributed by atoms with E-state index in [1.807, 2.05) is 30.3 Å². The van der Waals surface area contributed by atoms with Crippen molar-refractivity contribution in [3.63, 3.8) is 0 Å². The van der Waals surface area contributed by atoms with Gasteiger partial charge in [-0.15, -0.1) is 0 Å². The van der Waals surface area contributed by atoms with Gasteiger partial charge in [0.2, 0.25) is 0 Å². The van der Waals surface area contributed by atoms with Crippen molar-refractivity contribution < 1.29 is 14.6 Å². The number of esters is 1. The van der Waals surface area contributed by atoms with Crippen LogP contribution in [0.15, 0.2) is 36.4 Å². The lowest BCUT2D eigenvalue weighted by atomic mass is 10.1. The minimum absolute atomic E-state index is 0.256. The Kier molecular flexibility index (Phi) is 4.53. The van der Waals surface area contributed by atoms with Crippen LogP contribution in [0.4, 0.5) is 0 Å². The van der Waals surface area contributed by atoms with Crippen LogP contribution < -0.4 is 0 Å². The molecule has 2 aromatic rings. The molecule has 0 saturated carbocycles. The highest BCUT2D eigenvalue weighted by Crippen LogP contribution is 2.21. The van der Waals surface area contributed by atoms with Crippen LogP contribution in [0.25, 0.3) is 11.3 Å². The lowest BCUT2D eigenvalue weighted by Crippen LogP contribution is -2.15. The summed E-state index contributed by atoms with van der Waals surface area (Å²) in [6.07, 6.45) is -0.549. The molecule has 5 heteroatoms. The first kappa shape index (κ1) is 14.3. The fraction of sp³-hybridized carbons (Fsp3) is 0.333. The molecule has 0 aliphatic heterocycles. The van der Waals surface area contributed by atoms with Gasteiger partial charge in [-0.3, -0.25) is 4.68 Å². The van der Waals surface area contributed by atoms with Crippen LogP contribution in [-0.2, 0) is 11.3 Å². The Morgan fingerprint density at radius 2 is 2.10 bits per heavy atom. The van der Waals surface area contributed by atoms with Crippen LogP contribution in [-0.4, -0.2) is 33.6 Å². The van der Waals surface area contributed by atoms with Gasteiger partial charge < -0.3 is 9.84 Å². The zero-order valence-corrected chi connectivity index (χ0v) is 11.6. The van der Waals surface area contributed by atoms with Crippen LogP contribution >= 0.6 is 0 Å². The van der Waals surface area contributed by atoms with Gasteiger partial charge in [0.15, 0.2) is 5.69 Å². The lowest BCUT2D eigenvalue weighted by molar-refractivity contribution is 0.0517. The van der Waals surface area contributed by atoms with E-state index in [2.05, 4.69) is 5.10 Å². The summed E-state index contributed by atoms with van der Waals surface area (Å²) in [5.74, 6) is -0.450. The summed E-state index contributed by atoms with van der Waals surface area (Å²) in [5.41, 5.74) is 1.98. The Morgan fingerprint density at radius 3 is 2.70 bits per heavy atom. The fourth-order valence-corrected chi connectivity index (χ4v) is 1.95. The van der Waals surface area contributed by atoms with Gasteiger partial charge in [0.1, 0.15) is 0 Å². The maximum atomic E-state index is 11.8. The molecule has 1 aromatic carbocycles. The molecule has 0 aliphatic carbocycles. The molecule has 0 bridgehead atoms. The van der Waals surface area contributed by atoms with Crippen LogP contribution in [0, 0.1) is 0 Å². The van der Waals surface area contributed by atoms with E-state index >= 15 is 0 Å². The number of rotatable bonds is 5. The maximum absolute atomic E-state index is 11.8. The number of carbonyl (C=O) groups is 1. The van der Waals surface area contributed by atoms with E-state index in [1.54, 1.807) is 24.6 Å². The van der Waals surface area contributed by atoms with E-state index < -0.39 is 12.1 Å². The number of aliphatic hydroxyl groups excluding tert-OH is 1. The van der Waals surface area contributed by atoms with Gasteiger partial charge in [-0.2, -0.15) is 5.10 Å². The molecule has 0 spiro atoms. The van der Waals surface area contributed by atoms with Crippen molar-refractivity contribution in [2.75, 3.05) is 6.61 Å². The molecule has 1 atom stereocenters. The predicted octanol–water partition coefficient (Wildman–Crippen LogP) is 2.11. The number of aromatic nitrogens is 2. The van der Waals surface area contributed by atoms with E-state index in [0.29, 0.717) is 13.2 Å². The van der Waals surface area contributed by atoms with Crippen molar-refractivity contribution in [3.8, 4) is 11.3 Å². The van der Waals surface area contributed by atoms with Crippen molar-refractivity contribution in [1.82, 2.24) is 9.78 Å². The van der Waals surface area contributed by atoms with Crippen molar-refractivity contribution in [2.24, 2.45) is 0 Å². The monoisotopic (exact) mass is 274 g/mol. The maximum Gasteiger partial charge on any atom is 0.358 e. The zero-order chi connectivity index (χ0) is 14.5. The highest BCUT2D eigenvalue weighted by molar-refractivity contribution is 5.88. The molecular weight excluding hydrogens is 256 g/mol. The Hall–Kier alpha value is -2.14. The molecule has 5 nitrogen and oxygen atoms in total. The number of aliphatic hydroxyl groups is 1. The Balaban J connectivity index is 2.40. The Bertz CT molecular complexity index is 576. The summed E-state index contributed by atoms with van der Waals surface area (Å²) < 4.78 is 6.59. The highest BCUT2D eigenvalue weighted by atomic mass is 16.5. The van der Waals surface area contributed by atoms with Crippen molar-refractivity contribution in [2.45, 2.75) is 26.5 Å². The van der Waals surface area contributed by atoms with Crippen LogP contribution in [0.5, 0.6) is 0 Å². The molecular formula is C15H18N2O3. The molecule has 0 radical (unpaired) electrons.